The zero-order valence-electron chi connectivity index (χ0n) is 12.8. The van der Waals surface area contributed by atoms with Crippen molar-refractivity contribution in [2.24, 2.45) is 5.92 Å². The van der Waals surface area contributed by atoms with Gasteiger partial charge in [0.2, 0.25) is 0 Å². The molecule has 2 aromatic rings. The summed E-state index contributed by atoms with van der Waals surface area (Å²) in [6.07, 6.45) is 3.24. The number of aliphatic hydroxyl groups excluding tert-OH is 1. The van der Waals surface area contributed by atoms with Crippen molar-refractivity contribution >= 4 is 0 Å². The molecule has 4 heteroatoms. The van der Waals surface area contributed by atoms with E-state index in [4.69, 9.17) is 0 Å². The summed E-state index contributed by atoms with van der Waals surface area (Å²) in [7, 11) is 0. The molecule has 1 heterocycles. The second kappa shape index (κ2) is 5.98. The summed E-state index contributed by atoms with van der Waals surface area (Å²) in [5.41, 5.74) is 2.89. The number of benzene rings is 1. The molecule has 21 heavy (non-hydrogen) atoms. The van der Waals surface area contributed by atoms with Crippen LogP contribution in [0.15, 0.2) is 24.3 Å². The van der Waals surface area contributed by atoms with E-state index in [9.17, 15) is 5.11 Å². The van der Waals surface area contributed by atoms with Gasteiger partial charge in [0.25, 0.3) is 0 Å². The maximum atomic E-state index is 9.48. The molecule has 1 aromatic heterocycles. The number of aryl methyl sites for hydroxylation is 1. The van der Waals surface area contributed by atoms with Crippen LogP contribution in [0.25, 0.3) is 0 Å². The van der Waals surface area contributed by atoms with Crippen LogP contribution < -0.4 is 0 Å². The molecule has 0 amide bonds. The van der Waals surface area contributed by atoms with Gasteiger partial charge in [0.15, 0.2) is 5.82 Å². The van der Waals surface area contributed by atoms with Gasteiger partial charge in [-0.25, -0.2) is 0 Å². The molecule has 1 aliphatic rings. The maximum Gasteiger partial charge on any atom is 0.158 e. The Morgan fingerprint density at radius 2 is 2.00 bits per heavy atom. The fourth-order valence-corrected chi connectivity index (χ4v) is 3.25. The monoisotopic (exact) mass is 285 g/mol. The lowest BCUT2D eigenvalue weighted by Gasteiger charge is -2.25. The van der Waals surface area contributed by atoms with Gasteiger partial charge in [-0.05, 0) is 36.3 Å². The van der Waals surface area contributed by atoms with Crippen LogP contribution in [0.2, 0.25) is 0 Å². The fourth-order valence-electron chi connectivity index (χ4n) is 3.25. The van der Waals surface area contributed by atoms with Crippen LogP contribution in [-0.4, -0.2) is 19.9 Å². The van der Waals surface area contributed by atoms with Crippen molar-refractivity contribution in [3.8, 4) is 0 Å². The van der Waals surface area contributed by atoms with Gasteiger partial charge in [0.05, 0.1) is 0 Å². The van der Waals surface area contributed by atoms with Crippen molar-refractivity contribution in [3.05, 3.63) is 47.0 Å². The van der Waals surface area contributed by atoms with Crippen molar-refractivity contribution < 1.29 is 5.11 Å². The van der Waals surface area contributed by atoms with E-state index in [0.29, 0.717) is 17.7 Å². The highest BCUT2D eigenvalue weighted by Crippen LogP contribution is 2.32. The molecule has 0 aliphatic heterocycles. The van der Waals surface area contributed by atoms with E-state index < -0.39 is 0 Å². The van der Waals surface area contributed by atoms with Crippen LogP contribution >= 0.6 is 0 Å². The Kier molecular flexibility index (Phi) is 4.06. The number of hydrogen-bond acceptors (Lipinski definition) is 3. The Balaban J connectivity index is 1.89. The molecule has 0 spiro atoms. The third-order valence-corrected chi connectivity index (χ3v) is 4.26. The Bertz CT molecular complexity index is 618. The summed E-state index contributed by atoms with van der Waals surface area (Å²) in [6.45, 7) is 5.20. The van der Waals surface area contributed by atoms with Gasteiger partial charge in [-0.2, -0.15) is 0 Å². The quantitative estimate of drug-likeness (QED) is 0.939. The summed E-state index contributed by atoms with van der Waals surface area (Å²) in [5.74, 6) is 2.66. The Morgan fingerprint density at radius 3 is 2.71 bits per heavy atom. The van der Waals surface area contributed by atoms with Crippen LogP contribution in [0.3, 0.4) is 0 Å². The molecule has 0 saturated heterocycles. The van der Waals surface area contributed by atoms with Crippen LogP contribution in [0.4, 0.5) is 0 Å². The summed E-state index contributed by atoms with van der Waals surface area (Å²) < 4.78 is 2.13. The Labute approximate surface area is 125 Å². The minimum absolute atomic E-state index is 0.0387. The van der Waals surface area contributed by atoms with E-state index in [2.05, 4.69) is 52.9 Å². The third-order valence-electron chi connectivity index (χ3n) is 4.26. The first-order valence-corrected chi connectivity index (χ1v) is 7.78. The second-order valence-electron chi connectivity index (χ2n) is 6.35. The molecule has 1 N–H and O–H groups in total. The van der Waals surface area contributed by atoms with E-state index in [1.54, 1.807) is 0 Å². The van der Waals surface area contributed by atoms with Crippen molar-refractivity contribution in [1.82, 2.24) is 14.8 Å². The Hall–Kier alpha value is -1.68. The van der Waals surface area contributed by atoms with Gasteiger partial charge in [-0.3, -0.25) is 0 Å². The van der Waals surface area contributed by atoms with E-state index in [-0.39, 0.29) is 6.61 Å². The van der Waals surface area contributed by atoms with Crippen LogP contribution in [-0.2, 0) is 26.0 Å². The molecule has 112 valence electrons. The summed E-state index contributed by atoms with van der Waals surface area (Å²) in [5, 5.41) is 18.0. The molecule has 0 saturated carbocycles. The van der Waals surface area contributed by atoms with Crippen molar-refractivity contribution in [2.45, 2.75) is 52.2 Å². The topological polar surface area (TPSA) is 50.9 Å². The zero-order chi connectivity index (χ0) is 14.8. The number of hydrogen-bond donors (Lipinski definition) is 1. The van der Waals surface area contributed by atoms with Gasteiger partial charge < -0.3 is 9.67 Å². The first-order valence-electron chi connectivity index (χ1n) is 7.78. The first kappa shape index (κ1) is 14.3. The summed E-state index contributed by atoms with van der Waals surface area (Å²) in [4.78, 5) is 0. The molecule has 4 nitrogen and oxygen atoms in total. The highest BCUT2D eigenvalue weighted by atomic mass is 16.3. The van der Waals surface area contributed by atoms with Crippen molar-refractivity contribution in [2.75, 3.05) is 0 Å². The minimum atomic E-state index is -0.0387. The smallest absolute Gasteiger partial charge is 0.158 e. The predicted molar refractivity (Wildman–Crippen MR) is 82.0 cm³/mol. The SMILES string of the molecule is CC(C)Cn1c(CO)nnc1C1CCc2ccccc2C1. The lowest BCUT2D eigenvalue weighted by atomic mass is 9.83. The van der Waals surface area contributed by atoms with Crippen LogP contribution in [0, 0.1) is 5.92 Å². The van der Waals surface area contributed by atoms with Crippen molar-refractivity contribution in [3.63, 3.8) is 0 Å². The molecular formula is C17H23N3O. The van der Waals surface area contributed by atoms with Crippen LogP contribution in [0.5, 0.6) is 0 Å². The van der Waals surface area contributed by atoms with Gasteiger partial charge in [0.1, 0.15) is 12.4 Å². The molecule has 0 bridgehead atoms. The lowest BCUT2D eigenvalue weighted by molar-refractivity contribution is 0.261. The van der Waals surface area contributed by atoms with Crippen molar-refractivity contribution in [1.29, 1.82) is 0 Å². The summed E-state index contributed by atoms with van der Waals surface area (Å²) in [6, 6.07) is 8.67. The predicted octanol–water partition coefficient (Wildman–Crippen LogP) is 2.70. The molecule has 0 fully saturated rings. The maximum absolute atomic E-state index is 9.48. The molecular weight excluding hydrogens is 262 g/mol. The minimum Gasteiger partial charge on any atom is -0.388 e. The highest BCUT2D eigenvalue weighted by molar-refractivity contribution is 5.31. The van der Waals surface area contributed by atoms with Gasteiger partial charge >= 0.3 is 0 Å². The average molecular weight is 285 g/mol. The van der Waals surface area contributed by atoms with E-state index in [0.717, 1.165) is 31.6 Å². The van der Waals surface area contributed by atoms with E-state index in [1.165, 1.54) is 11.1 Å². The Morgan fingerprint density at radius 1 is 1.24 bits per heavy atom. The fraction of sp³-hybridized carbons (Fsp3) is 0.529. The average Bonchev–Trinajstić information content (AvgIpc) is 2.88. The molecule has 3 rings (SSSR count). The number of rotatable bonds is 4. The molecule has 1 unspecified atom stereocenters. The summed E-state index contributed by atoms with van der Waals surface area (Å²) >= 11 is 0. The van der Waals surface area contributed by atoms with Gasteiger partial charge in [-0.15, -0.1) is 10.2 Å². The molecule has 0 radical (unpaired) electrons. The standard InChI is InChI=1S/C17H23N3O/c1-12(2)10-20-16(11-21)18-19-17(20)15-8-7-13-5-3-4-6-14(13)9-15/h3-6,12,15,21H,7-11H2,1-2H3. The number of aromatic nitrogens is 3. The van der Waals surface area contributed by atoms with Crippen LogP contribution in [0.1, 0.15) is 49.0 Å². The second-order valence-corrected chi connectivity index (χ2v) is 6.35. The molecule has 1 atom stereocenters. The highest BCUT2D eigenvalue weighted by Gasteiger charge is 2.25. The zero-order valence-corrected chi connectivity index (χ0v) is 12.8. The molecule has 1 aliphatic carbocycles. The number of nitrogens with zero attached hydrogens (tertiary/aromatic N) is 3. The third kappa shape index (κ3) is 2.86. The van der Waals surface area contributed by atoms with Gasteiger partial charge in [-0.1, -0.05) is 38.1 Å². The first-order chi connectivity index (χ1) is 10.2. The van der Waals surface area contributed by atoms with E-state index in [1.807, 2.05) is 0 Å². The normalized spacial score (nSPS) is 18.0. The number of aliphatic hydroxyl groups is 1. The largest absolute Gasteiger partial charge is 0.388 e. The lowest BCUT2D eigenvalue weighted by Crippen LogP contribution is -2.19. The van der Waals surface area contributed by atoms with Gasteiger partial charge in [0, 0.05) is 12.5 Å². The molecule has 1 aromatic carbocycles. The van der Waals surface area contributed by atoms with E-state index >= 15 is 0 Å². The number of fused-ring (bicyclic) bond motifs is 1.